The van der Waals surface area contributed by atoms with Crippen molar-refractivity contribution in [2.45, 2.75) is 13.5 Å². The van der Waals surface area contributed by atoms with Crippen molar-refractivity contribution in [1.82, 2.24) is 14.1 Å². The minimum Gasteiger partial charge on any atom is -0.497 e. The summed E-state index contributed by atoms with van der Waals surface area (Å²) in [6.07, 6.45) is 1.22. The first-order valence-corrected chi connectivity index (χ1v) is 12.6. The number of carbonyl (C=O) groups excluding carboxylic acids is 1. The van der Waals surface area contributed by atoms with Crippen LogP contribution in [-0.2, 0) is 6.54 Å². The molecule has 0 unspecified atom stereocenters. The maximum Gasteiger partial charge on any atom is 0.335 e. The Morgan fingerprint density at radius 2 is 1.66 bits per heavy atom. The summed E-state index contributed by atoms with van der Waals surface area (Å²) in [7, 11) is 3.13. The van der Waals surface area contributed by atoms with Gasteiger partial charge in [-0.3, -0.25) is 14.2 Å². The number of ether oxygens (including phenoxy) is 3. The van der Waals surface area contributed by atoms with E-state index < -0.39 is 23.0 Å². The van der Waals surface area contributed by atoms with Crippen LogP contribution in [0.2, 0.25) is 0 Å². The van der Waals surface area contributed by atoms with Crippen LogP contribution < -0.4 is 30.8 Å². The van der Waals surface area contributed by atoms with Gasteiger partial charge in [0.2, 0.25) is 5.88 Å². The Morgan fingerprint density at radius 3 is 2.32 bits per heavy atom. The number of aromatic nitrogens is 3. The van der Waals surface area contributed by atoms with E-state index in [2.05, 4.69) is 10.3 Å². The normalized spacial score (nSPS) is 10.8. The summed E-state index contributed by atoms with van der Waals surface area (Å²) in [5.74, 6) is 0.794. The molecule has 41 heavy (non-hydrogen) atoms. The Morgan fingerprint density at radius 1 is 0.927 bits per heavy atom. The van der Waals surface area contributed by atoms with E-state index in [1.54, 1.807) is 63.6 Å². The summed E-state index contributed by atoms with van der Waals surface area (Å²) >= 11 is 0. The number of carbonyl (C=O) groups is 1. The molecule has 0 fully saturated rings. The first-order valence-electron chi connectivity index (χ1n) is 12.6. The predicted octanol–water partition coefficient (Wildman–Crippen LogP) is 4.77. The fourth-order valence-corrected chi connectivity index (χ4v) is 4.23. The number of rotatable bonds is 8. The summed E-state index contributed by atoms with van der Waals surface area (Å²) in [6.45, 7) is 1.92. The van der Waals surface area contributed by atoms with Gasteiger partial charge in [0.05, 0.1) is 25.4 Å². The molecule has 5 rings (SSSR count). The van der Waals surface area contributed by atoms with Crippen LogP contribution in [0.3, 0.4) is 0 Å². The molecule has 2 heterocycles. The average Bonchev–Trinajstić information content (AvgIpc) is 2.98. The van der Waals surface area contributed by atoms with Gasteiger partial charge in [0.15, 0.2) is 0 Å². The number of aryl methyl sites for hydroxylation is 1. The number of fused-ring (bicyclic) bond motifs is 1. The zero-order valence-electron chi connectivity index (χ0n) is 22.4. The highest BCUT2D eigenvalue weighted by Gasteiger charge is 2.19. The van der Waals surface area contributed by atoms with Crippen molar-refractivity contribution >= 4 is 22.5 Å². The number of nitrogens with one attached hydrogen (secondary N) is 1. The minimum absolute atomic E-state index is 0.152. The third kappa shape index (κ3) is 5.50. The SMILES string of the molecule is CCn1cc(C(=O)Nc2ccc(Oc3ccc4c(OC)cc(OC)cc4n3)cc2)c(=O)n(-c2ccc(F)cc2)c1=O. The number of benzene rings is 3. The molecule has 0 saturated heterocycles. The molecule has 0 aliphatic rings. The van der Waals surface area contributed by atoms with E-state index in [0.29, 0.717) is 34.3 Å². The van der Waals surface area contributed by atoms with E-state index in [0.717, 1.165) is 22.1 Å². The van der Waals surface area contributed by atoms with E-state index >= 15 is 0 Å². The number of hydrogen-bond acceptors (Lipinski definition) is 7. The smallest absolute Gasteiger partial charge is 0.335 e. The first kappa shape index (κ1) is 27.1. The van der Waals surface area contributed by atoms with Crippen LogP contribution in [0.15, 0.2) is 88.6 Å². The molecule has 11 heteroatoms. The lowest BCUT2D eigenvalue weighted by Crippen LogP contribution is -2.42. The molecule has 0 atom stereocenters. The highest BCUT2D eigenvalue weighted by molar-refractivity contribution is 6.03. The Hall–Kier alpha value is -5.45. The molecule has 0 radical (unpaired) electrons. The van der Waals surface area contributed by atoms with Gasteiger partial charge in [0.1, 0.15) is 28.6 Å². The maximum atomic E-state index is 13.4. The summed E-state index contributed by atoms with van der Waals surface area (Å²) in [5, 5.41) is 3.47. The molecular weight excluding hydrogens is 531 g/mol. The number of pyridine rings is 1. The molecule has 5 aromatic rings. The Bertz CT molecular complexity index is 1860. The molecule has 2 aromatic heterocycles. The Labute approximate surface area is 233 Å². The molecule has 3 aromatic carbocycles. The minimum atomic E-state index is -0.820. The number of nitrogens with zero attached hydrogens (tertiary/aromatic N) is 3. The summed E-state index contributed by atoms with van der Waals surface area (Å²) in [6, 6.07) is 18.4. The molecule has 0 aliphatic carbocycles. The molecule has 0 aliphatic heterocycles. The second-order valence-electron chi connectivity index (χ2n) is 8.85. The second kappa shape index (κ2) is 11.3. The third-order valence-electron chi connectivity index (χ3n) is 6.33. The number of hydrogen-bond donors (Lipinski definition) is 1. The molecule has 0 bridgehead atoms. The third-order valence-corrected chi connectivity index (χ3v) is 6.33. The van der Waals surface area contributed by atoms with E-state index in [1.807, 2.05) is 6.07 Å². The van der Waals surface area contributed by atoms with Crippen molar-refractivity contribution in [2.75, 3.05) is 19.5 Å². The van der Waals surface area contributed by atoms with Crippen molar-refractivity contribution in [1.29, 1.82) is 0 Å². The lowest BCUT2D eigenvalue weighted by atomic mass is 10.2. The Balaban J connectivity index is 1.37. The van der Waals surface area contributed by atoms with E-state index in [-0.39, 0.29) is 17.8 Å². The molecule has 1 N–H and O–H groups in total. The van der Waals surface area contributed by atoms with Gasteiger partial charge in [-0.2, -0.15) is 0 Å². The number of anilines is 1. The molecule has 0 saturated carbocycles. The van der Waals surface area contributed by atoms with Gasteiger partial charge in [0.25, 0.3) is 11.5 Å². The predicted molar refractivity (Wildman–Crippen MR) is 151 cm³/mol. The Kier molecular flexibility index (Phi) is 7.51. The monoisotopic (exact) mass is 556 g/mol. The van der Waals surface area contributed by atoms with Crippen LogP contribution in [0.4, 0.5) is 10.1 Å². The van der Waals surface area contributed by atoms with Crippen molar-refractivity contribution in [2.24, 2.45) is 0 Å². The topological polar surface area (TPSA) is 114 Å². The van der Waals surface area contributed by atoms with Crippen molar-refractivity contribution in [3.8, 4) is 28.8 Å². The standard InChI is InChI=1S/C30H25FN4O6/c1-4-34-17-24(29(37)35(30(34)38)20-9-5-18(31)6-10-20)28(36)32-19-7-11-21(12-8-19)41-27-14-13-23-25(33-27)15-22(39-2)16-26(23)40-3/h5-17H,4H2,1-3H3,(H,32,36). The highest BCUT2D eigenvalue weighted by Crippen LogP contribution is 2.32. The maximum absolute atomic E-state index is 13.4. The van der Waals surface area contributed by atoms with Gasteiger partial charge < -0.3 is 19.5 Å². The summed E-state index contributed by atoms with van der Waals surface area (Å²) < 4.78 is 32.1. The number of methoxy groups -OCH3 is 2. The van der Waals surface area contributed by atoms with Crippen LogP contribution in [-0.4, -0.2) is 34.2 Å². The fraction of sp³-hybridized carbons (Fsp3) is 0.133. The zero-order valence-corrected chi connectivity index (χ0v) is 22.4. The number of amides is 1. The molecular formula is C30H25FN4O6. The second-order valence-corrected chi connectivity index (χ2v) is 8.85. The first-order chi connectivity index (χ1) is 19.8. The van der Waals surface area contributed by atoms with Crippen LogP contribution in [0.25, 0.3) is 16.6 Å². The van der Waals surface area contributed by atoms with Crippen molar-refractivity contribution in [3.63, 3.8) is 0 Å². The van der Waals surface area contributed by atoms with E-state index in [9.17, 15) is 18.8 Å². The van der Waals surface area contributed by atoms with Crippen LogP contribution >= 0.6 is 0 Å². The molecule has 0 spiro atoms. The van der Waals surface area contributed by atoms with E-state index in [1.165, 1.54) is 22.9 Å². The molecule has 208 valence electrons. The van der Waals surface area contributed by atoms with Crippen LogP contribution in [0.1, 0.15) is 17.3 Å². The summed E-state index contributed by atoms with van der Waals surface area (Å²) in [5.41, 5.74) is -0.533. The lowest BCUT2D eigenvalue weighted by Gasteiger charge is -2.13. The van der Waals surface area contributed by atoms with Gasteiger partial charge in [-0.15, -0.1) is 0 Å². The molecule has 1 amide bonds. The van der Waals surface area contributed by atoms with E-state index in [4.69, 9.17) is 14.2 Å². The van der Waals surface area contributed by atoms with Gasteiger partial charge in [-0.25, -0.2) is 18.7 Å². The van der Waals surface area contributed by atoms with Crippen LogP contribution in [0, 0.1) is 5.82 Å². The molecule has 10 nitrogen and oxygen atoms in total. The fourth-order valence-electron chi connectivity index (χ4n) is 4.23. The van der Waals surface area contributed by atoms with Crippen LogP contribution in [0.5, 0.6) is 23.1 Å². The zero-order chi connectivity index (χ0) is 29.1. The quantitative estimate of drug-likeness (QED) is 0.293. The van der Waals surface area contributed by atoms with Gasteiger partial charge >= 0.3 is 5.69 Å². The van der Waals surface area contributed by atoms with Gasteiger partial charge in [-0.05, 0) is 61.5 Å². The van der Waals surface area contributed by atoms with Gasteiger partial charge in [0, 0.05) is 42.0 Å². The van der Waals surface area contributed by atoms with Crippen molar-refractivity contribution in [3.05, 3.63) is 111 Å². The highest BCUT2D eigenvalue weighted by atomic mass is 19.1. The lowest BCUT2D eigenvalue weighted by molar-refractivity contribution is 0.102. The largest absolute Gasteiger partial charge is 0.497 e. The van der Waals surface area contributed by atoms with Crippen molar-refractivity contribution < 1.29 is 23.4 Å². The van der Waals surface area contributed by atoms with Gasteiger partial charge in [-0.1, -0.05) is 0 Å². The average molecular weight is 557 g/mol. The summed E-state index contributed by atoms with van der Waals surface area (Å²) in [4.78, 5) is 43.6. The number of halogens is 1.